The van der Waals surface area contributed by atoms with Crippen molar-refractivity contribution in [1.29, 1.82) is 10.8 Å². The average molecular weight is 783 g/mol. The number of para-hydroxylation sites is 2. The van der Waals surface area contributed by atoms with Gasteiger partial charge in [-0.25, -0.2) is 0 Å². The van der Waals surface area contributed by atoms with Gasteiger partial charge in [-0.2, -0.15) is 0 Å². The fourth-order valence-electron chi connectivity index (χ4n) is 8.73. The second-order valence-corrected chi connectivity index (χ2v) is 15.3. The number of rotatable bonds is 7. The van der Waals surface area contributed by atoms with Gasteiger partial charge in [0, 0.05) is 44.0 Å². The van der Waals surface area contributed by atoms with Crippen LogP contribution in [0.4, 0.5) is 0 Å². The van der Waals surface area contributed by atoms with E-state index in [1.165, 1.54) is 43.9 Å². The third-order valence-corrected chi connectivity index (χ3v) is 11.7. The molecule has 11 aromatic rings. The Bertz CT molecular complexity index is 3440. The second kappa shape index (κ2) is 14.8. The van der Waals surface area contributed by atoms with E-state index in [-0.39, 0.29) is 11.8 Å². The lowest BCUT2D eigenvalue weighted by Gasteiger charge is -2.11. The molecule has 0 radical (unpaired) electrons. The van der Waals surface area contributed by atoms with E-state index in [4.69, 9.17) is 15.6 Å². The molecule has 0 unspecified atom stereocenters. The van der Waals surface area contributed by atoms with Crippen molar-refractivity contribution in [3.8, 4) is 44.8 Å². The molecule has 0 bridgehead atoms. The highest BCUT2D eigenvalue weighted by Gasteiger charge is 2.18. The minimum absolute atomic E-state index is 0.0521. The van der Waals surface area contributed by atoms with Crippen LogP contribution in [-0.4, -0.2) is 20.9 Å². The maximum Gasteiger partial charge on any atom is 0.221 e. The van der Waals surface area contributed by atoms with Crippen LogP contribution in [0.5, 0.6) is 0 Å². The van der Waals surface area contributed by atoms with Crippen LogP contribution in [0.3, 0.4) is 0 Å². The second-order valence-electron chi connectivity index (χ2n) is 15.3. The van der Waals surface area contributed by atoms with E-state index in [0.717, 1.165) is 44.4 Å². The van der Waals surface area contributed by atoms with Crippen LogP contribution in [-0.2, 0) is 4.74 Å². The molecule has 0 amide bonds. The van der Waals surface area contributed by atoms with Crippen LogP contribution in [0.15, 0.2) is 218 Å². The third kappa shape index (κ3) is 6.37. The van der Waals surface area contributed by atoms with E-state index in [1.807, 2.05) is 42.5 Å². The van der Waals surface area contributed by atoms with Gasteiger partial charge in [0.05, 0.1) is 22.1 Å². The standard InChI is InChI=1S/C56H38N4O/c57-55(40-14-6-2-7-15-40)61-56(58)41-24-29-46(30-25-41)60-51-19-11-10-18-47(51)48-35-43(27-32-52(48)60)44-28-33-54-50(36-44)49-34-42(26-31-53(49)59(54)45-16-8-3-9-17-45)39-22-20-38(21-23-39)37-12-4-1-5-13-37/h1-36,57-58H. The molecule has 0 aliphatic rings. The average Bonchev–Trinajstić information content (AvgIpc) is 3.84. The first-order valence-electron chi connectivity index (χ1n) is 20.4. The summed E-state index contributed by atoms with van der Waals surface area (Å²) in [4.78, 5) is 0. The molecule has 288 valence electrons. The first-order chi connectivity index (χ1) is 30.1. The molecule has 5 nitrogen and oxygen atoms in total. The SMILES string of the molecule is N=C(OC(=N)c1ccc(-n2c3ccccc3c3cc(-c4ccc5c(c4)c4cc(-c6ccc(-c7ccccc7)cc6)ccc4n5-c4ccccc4)ccc32)cc1)c1ccccc1. The highest BCUT2D eigenvalue weighted by atomic mass is 16.5. The predicted molar refractivity (Wildman–Crippen MR) is 253 cm³/mol. The molecule has 0 aliphatic heterocycles. The molecule has 2 heterocycles. The molecule has 0 spiro atoms. The van der Waals surface area contributed by atoms with Crippen molar-refractivity contribution in [3.05, 3.63) is 230 Å². The molecular weight excluding hydrogens is 745 g/mol. The van der Waals surface area contributed by atoms with Gasteiger partial charge in [0.25, 0.3) is 0 Å². The van der Waals surface area contributed by atoms with Crippen molar-refractivity contribution >= 4 is 55.4 Å². The summed E-state index contributed by atoms with van der Waals surface area (Å²) in [6.45, 7) is 0. The van der Waals surface area contributed by atoms with E-state index in [2.05, 4.69) is 173 Å². The first kappa shape index (κ1) is 35.8. The van der Waals surface area contributed by atoms with Gasteiger partial charge in [-0.3, -0.25) is 10.8 Å². The highest BCUT2D eigenvalue weighted by Crippen LogP contribution is 2.39. The summed E-state index contributed by atoms with van der Waals surface area (Å²) >= 11 is 0. The maximum absolute atomic E-state index is 8.58. The van der Waals surface area contributed by atoms with Gasteiger partial charge in [0.2, 0.25) is 11.8 Å². The van der Waals surface area contributed by atoms with Gasteiger partial charge < -0.3 is 13.9 Å². The zero-order valence-corrected chi connectivity index (χ0v) is 33.1. The van der Waals surface area contributed by atoms with Crippen LogP contribution in [0.2, 0.25) is 0 Å². The minimum atomic E-state index is -0.0650. The maximum atomic E-state index is 8.58. The molecule has 61 heavy (non-hydrogen) atoms. The van der Waals surface area contributed by atoms with Crippen molar-refractivity contribution in [3.63, 3.8) is 0 Å². The molecule has 0 saturated carbocycles. The molecular formula is C56H38N4O. The Hall–Kier alpha value is -8.28. The molecule has 0 atom stereocenters. The van der Waals surface area contributed by atoms with Crippen molar-refractivity contribution in [2.24, 2.45) is 0 Å². The van der Waals surface area contributed by atoms with Gasteiger partial charge in [-0.05, 0) is 124 Å². The molecule has 2 N–H and O–H groups in total. The molecule has 11 rings (SSSR count). The van der Waals surface area contributed by atoms with Gasteiger partial charge in [0.1, 0.15) is 0 Å². The summed E-state index contributed by atoms with van der Waals surface area (Å²) in [7, 11) is 0. The van der Waals surface area contributed by atoms with Gasteiger partial charge in [-0.15, -0.1) is 0 Å². The Morgan fingerprint density at radius 1 is 0.295 bits per heavy atom. The summed E-state index contributed by atoms with van der Waals surface area (Å²) in [5.74, 6) is -0.117. The van der Waals surface area contributed by atoms with Crippen molar-refractivity contribution in [2.75, 3.05) is 0 Å². The summed E-state index contributed by atoms with van der Waals surface area (Å²) < 4.78 is 10.3. The summed E-state index contributed by atoms with van der Waals surface area (Å²) in [5.41, 5.74) is 15.0. The monoisotopic (exact) mass is 782 g/mol. The van der Waals surface area contributed by atoms with E-state index >= 15 is 0 Å². The molecule has 5 heteroatoms. The minimum Gasteiger partial charge on any atom is -0.421 e. The molecule has 0 fully saturated rings. The van der Waals surface area contributed by atoms with Crippen LogP contribution in [0, 0.1) is 10.8 Å². The summed E-state index contributed by atoms with van der Waals surface area (Å²) in [5, 5.41) is 21.7. The van der Waals surface area contributed by atoms with E-state index in [9.17, 15) is 0 Å². The van der Waals surface area contributed by atoms with Crippen LogP contribution in [0.1, 0.15) is 11.1 Å². The van der Waals surface area contributed by atoms with E-state index < -0.39 is 0 Å². The van der Waals surface area contributed by atoms with Crippen molar-refractivity contribution in [1.82, 2.24) is 9.13 Å². The number of ether oxygens (including phenoxy) is 1. The topological polar surface area (TPSA) is 66.8 Å². The number of fused-ring (bicyclic) bond motifs is 6. The Labute approximate surface area is 353 Å². The number of nitrogens with one attached hydrogen (secondary N) is 2. The Morgan fingerprint density at radius 2 is 0.656 bits per heavy atom. The first-order valence-corrected chi connectivity index (χ1v) is 20.4. The lowest BCUT2D eigenvalue weighted by Crippen LogP contribution is -2.12. The van der Waals surface area contributed by atoms with E-state index in [0.29, 0.717) is 11.1 Å². The van der Waals surface area contributed by atoms with Crippen LogP contribution in [0.25, 0.3) is 88.4 Å². The van der Waals surface area contributed by atoms with Gasteiger partial charge in [0.15, 0.2) is 0 Å². The normalized spacial score (nSPS) is 11.4. The van der Waals surface area contributed by atoms with Crippen LogP contribution >= 0.6 is 0 Å². The lowest BCUT2D eigenvalue weighted by atomic mass is 9.98. The summed E-state index contributed by atoms with van der Waals surface area (Å²) in [6, 6.07) is 76.0. The Kier molecular flexibility index (Phi) is 8.72. The number of nitrogens with zero attached hydrogens (tertiary/aromatic N) is 2. The highest BCUT2D eigenvalue weighted by molar-refractivity contribution is 6.13. The number of hydrogen-bond acceptors (Lipinski definition) is 3. The molecule has 2 aromatic heterocycles. The number of hydrogen-bond donors (Lipinski definition) is 2. The third-order valence-electron chi connectivity index (χ3n) is 11.7. The largest absolute Gasteiger partial charge is 0.421 e. The molecule has 0 aliphatic carbocycles. The predicted octanol–water partition coefficient (Wildman–Crippen LogP) is 14.2. The summed E-state index contributed by atoms with van der Waals surface area (Å²) in [6.07, 6.45) is 0. The smallest absolute Gasteiger partial charge is 0.221 e. The van der Waals surface area contributed by atoms with E-state index in [1.54, 1.807) is 12.1 Å². The number of benzene rings is 9. The Morgan fingerprint density at radius 3 is 1.21 bits per heavy atom. The molecule has 0 saturated heterocycles. The molecule has 9 aromatic carbocycles. The van der Waals surface area contributed by atoms with Gasteiger partial charge >= 0.3 is 0 Å². The number of aromatic nitrogens is 2. The van der Waals surface area contributed by atoms with Crippen molar-refractivity contribution in [2.45, 2.75) is 0 Å². The fourth-order valence-corrected chi connectivity index (χ4v) is 8.73. The zero-order valence-electron chi connectivity index (χ0n) is 33.1. The van der Waals surface area contributed by atoms with Gasteiger partial charge in [-0.1, -0.05) is 127 Å². The lowest BCUT2D eigenvalue weighted by molar-refractivity contribution is 0.538. The fraction of sp³-hybridized carbons (Fsp3) is 0. The zero-order chi connectivity index (χ0) is 40.9. The van der Waals surface area contributed by atoms with Crippen LogP contribution < -0.4 is 0 Å². The Balaban J connectivity index is 0.983. The quantitative estimate of drug-likeness (QED) is 0.123. The van der Waals surface area contributed by atoms with Crippen molar-refractivity contribution < 1.29 is 4.74 Å².